The van der Waals surface area contributed by atoms with Crippen molar-refractivity contribution in [3.05, 3.63) is 46.4 Å². The summed E-state index contributed by atoms with van der Waals surface area (Å²) in [6.45, 7) is 0. The Hall–Kier alpha value is -1.39. The van der Waals surface area contributed by atoms with Gasteiger partial charge in [0.25, 0.3) is 0 Å². The highest BCUT2D eigenvalue weighted by Crippen LogP contribution is 2.24. The Bertz CT molecular complexity index is 456. The SMILES string of the molecule is CNC(Cc1ccccc1OC)c1cscn1. The number of ether oxygens (including phenoxy) is 1. The molecule has 0 fully saturated rings. The number of likely N-dealkylation sites (N-methyl/N-ethyl adjacent to an activating group) is 1. The first-order valence-electron chi connectivity index (χ1n) is 5.52. The molecule has 0 aliphatic carbocycles. The van der Waals surface area contributed by atoms with E-state index in [4.69, 9.17) is 4.74 Å². The van der Waals surface area contributed by atoms with Crippen molar-refractivity contribution in [3.63, 3.8) is 0 Å². The van der Waals surface area contributed by atoms with Gasteiger partial charge >= 0.3 is 0 Å². The van der Waals surface area contributed by atoms with Gasteiger partial charge in [0.1, 0.15) is 5.75 Å². The molecule has 3 nitrogen and oxygen atoms in total. The van der Waals surface area contributed by atoms with Gasteiger partial charge < -0.3 is 10.1 Å². The average molecular weight is 248 g/mol. The molecule has 1 heterocycles. The van der Waals surface area contributed by atoms with Crippen LogP contribution in [0.25, 0.3) is 0 Å². The van der Waals surface area contributed by atoms with Crippen LogP contribution in [0, 0.1) is 0 Å². The lowest BCUT2D eigenvalue weighted by Crippen LogP contribution is -2.19. The van der Waals surface area contributed by atoms with Gasteiger partial charge in [-0.05, 0) is 25.1 Å². The van der Waals surface area contributed by atoms with E-state index >= 15 is 0 Å². The maximum Gasteiger partial charge on any atom is 0.122 e. The van der Waals surface area contributed by atoms with Crippen LogP contribution in [0.15, 0.2) is 35.2 Å². The number of methoxy groups -OCH3 is 1. The molecule has 2 aromatic rings. The average Bonchev–Trinajstić information content (AvgIpc) is 2.90. The molecule has 0 saturated carbocycles. The summed E-state index contributed by atoms with van der Waals surface area (Å²) in [4.78, 5) is 4.35. The summed E-state index contributed by atoms with van der Waals surface area (Å²) in [5.74, 6) is 0.933. The summed E-state index contributed by atoms with van der Waals surface area (Å²) >= 11 is 1.62. The van der Waals surface area contributed by atoms with E-state index in [0.29, 0.717) is 0 Å². The Morgan fingerprint density at radius 3 is 2.88 bits per heavy atom. The van der Waals surface area contributed by atoms with Crippen LogP contribution < -0.4 is 10.1 Å². The molecule has 0 aliphatic heterocycles. The molecule has 0 bridgehead atoms. The molecular formula is C13H16N2OS. The Morgan fingerprint density at radius 1 is 1.41 bits per heavy atom. The smallest absolute Gasteiger partial charge is 0.122 e. The van der Waals surface area contributed by atoms with Crippen molar-refractivity contribution in [3.8, 4) is 5.75 Å². The number of benzene rings is 1. The fraction of sp³-hybridized carbons (Fsp3) is 0.308. The van der Waals surface area contributed by atoms with E-state index in [-0.39, 0.29) is 6.04 Å². The monoisotopic (exact) mass is 248 g/mol. The maximum atomic E-state index is 5.36. The zero-order valence-corrected chi connectivity index (χ0v) is 10.8. The van der Waals surface area contributed by atoms with Crippen molar-refractivity contribution in [1.82, 2.24) is 10.3 Å². The quantitative estimate of drug-likeness (QED) is 0.883. The molecule has 0 radical (unpaired) electrons. The van der Waals surface area contributed by atoms with Crippen LogP contribution in [0.3, 0.4) is 0 Å². The molecule has 17 heavy (non-hydrogen) atoms. The lowest BCUT2D eigenvalue weighted by atomic mass is 10.0. The van der Waals surface area contributed by atoms with Crippen LogP contribution in [0.1, 0.15) is 17.3 Å². The molecule has 90 valence electrons. The molecule has 1 aromatic carbocycles. The number of hydrogen-bond acceptors (Lipinski definition) is 4. The van der Waals surface area contributed by atoms with Gasteiger partial charge in [-0.1, -0.05) is 18.2 Å². The predicted molar refractivity (Wildman–Crippen MR) is 70.6 cm³/mol. The van der Waals surface area contributed by atoms with Crippen LogP contribution >= 0.6 is 11.3 Å². The van der Waals surface area contributed by atoms with Crippen molar-refractivity contribution < 1.29 is 4.74 Å². The van der Waals surface area contributed by atoms with Gasteiger partial charge in [-0.2, -0.15) is 0 Å². The number of aromatic nitrogens is 1. The lowest BCUT2D eigenvalue weighted by molar-refractivity contribution is 0.406. The van der Waals surface area contributed by atoms with Crippen molar-refractivity contribution in [1.29, 1.82) is 0 Å². The molecule has 4 heteroatoms. The van der Waals surface area contributed by atoms with Gasteiger partial charge in [-0.3, -0.25) is 0 Å². The maximum absolute atomic E-state index is 5.36. The number of nitrogens with one attached hydrogen (secondary N) is 1. The first-order valence-corrected chi connectivity index (χ1v) is 6.46. The summed E-state index contributed by atoms with van der Waals surface area (Å²) in [6, 6.07) is 8.33. The minimum atomic E-state index is 0.234. The van der Waals surface area contributed by atoms with Crippen LogP contribution in [0.5, 0.6) is 5.75 Å². The van der Waals surface area contributed by atoms with E-state index in [0.717, 1.165) is 17.9 Å². The van der Waals surface area contributed by atoms with Crippen LogP contribution in [-0.2, 0) is 6.42 Å². The van der Waals surface area contributed by atoms with Crippen molar-refractivity contribution >= 4 is 11.3 Å². The molecule has 1 N–H and O–H groups in total. The van der Waals surface area contributed by atoms with Gasteiger partial charge in [0.15, 0.2) is 0 Å². The van der Waals surface area contributed by atoms with Gasteiger partial charge in [-0.15, -0.1) is 11.3 Å². The van der Waals surface area contributed by atoms with E-state index in [1.54, 1.807) is 18.4 Å². The molecule has 0 saturated heterocycles. The van der Waals surface area contributed by atoms with Gasteiger partial charge in [0.2, 0.25) is 0 Å². The van der Waals surface area contributed by atoms with E-state index in [2.05, 4.69) is 21.7 Å². The molecule has 1 atom stereocenters. The van der Waals surface area contributed by atoms with E-state index in [1.807, 2.05) is 30.8 Å². The molecule has 0 amide bonds. The Balaban J connectivity index is 2.18. The second-order valence-electron chi connectivity index (χ2n) is 3.77. The minimum Gasteiger partial charge on any atom is -0.496 e. The van der Waals surface area contributed by atoms with E-state index in [1.165, 1.54) is 5.56 Å². The zero-order valence-electron chi connectivity index (χ0n) is 10.0. The first kappa shape index (κ1) is 12.1. The summed E-state index contributed by atoms with van der Waals surface area (Å²) in [7, 11) is 3.66. The van der Waals surface area contributed by atoms with Gasteiger partial charge in [-0.25, -0.2) is 4.98 Å². The second kappa shape index (κ2) is 5.80. The normalized spacial score (nSPS) is 12.4. The number of rotatable bonds is 5. The highest BCUT2D eigenvalue weighted by Gasteiger charge is 2.14. The third-order valence-corrected chi connectivity index (χ3v) is 3.38. The van der Waals surface area contributed by atoms with Crippen molar-refractivity contribution in [2.75, 3.05) is 14.2 Å². The number of para-hydroxylation sites is 1. The summed E-state index contributed by atoms with van der Waals surface area (Å²) in [5.41, 5.74) is 4.15. The third-order valence-electron chi connectivity index (χ3n) is 2.77. The highest BCUT2D eigenvalue weighted by atomic mass is 32.1. The number of thiazole rings is 1. The Morgan fingerprint density at radius 2 is 2.24 bits per heavy atom. The summed E-state index contributed by atoms with van der Waals surface area (Å²) in [6.07, 6.45) is 0.879. The minimum absolute atomic E-state index is 0.234. The van der Waals surface area contributed by atoms with Crippen molar-refractivity contribution in [2.24, 2.45) is 0 Å². The number of nitrogens with zero attached hydrogens (tertiary/aromatic N) is 1. The fourth-order valence-corrected chi connectivity index (χ4v) is 2.45. The van der Waals surface area contributed by atoms with Crippen molar-refractivity contribution in [2.45, 2.75) is 12.5 Å². The largest absolute Gasteiger partial charge is 0.496 e. The zero-order chi connectivity index (χ0) is 12.1. The van der Waals surface area contributed by atoms with Crippen LogP contribution in [-0.4, -0.2) is 19.1 Å². The molecule has 1 unspecified atom stereocenters. The highest BCUT2D eigenvalue weighted by molar-refractivity contribution is 7.07. The molecule has 2 rings (SSSR count). The van der Waals surface area contributed by atoms with Crippen LogP contribution in [0.4, 0.5) is 0 Å². The van der Waals surface area contributed by atoms with Gasteiger partial charge in [0, 0.05) is 5.38 Å². The van der Waals surface area contributed by atoms with Crippen LogP contribution in [0.2, 0.25) is 0 Å². The fourth-order valence-electron chi connectivity index (χ4n) is 1.84. The van der Waals surface area contributed by atoms with E-state index in [9.17, 15) is 0 Å². The second-order valence-corrected chi connectivity index (χ2v) is 4.49. The summed E-state index contributed by atoms with van der Waals surface area (Å²) in [5, 5.41) is 5.37. The molecule has 0 aliphatic rings. The Kier molecular flexibility index (Phi) is 4.12. The first-order chi connectivity index (χ1) is 8.35. The van der Waals surface area contributed by atoms with E-state index < -0.39 is 0 Å². The molecule has 1 aromatic heterocycles. The third kappa shape index (κ3) is 2.84. The predicted octanol–water partition coefficient (Wildman–Crippen LogP) is 2.65. The Labute approximate surface area is 105 Å². The number of hydrogen-bond donors (Lipinski definition) is 1. The topological polar surface area (TPSA) is 34.1 Å². The molecular weight excluding hydrogens is 232 g/mol. The molecule has 0 spiro atoms. The standard InChI is InChI=1S/C13H16N2OS/c1-14-11(12-8-17-9-15-12)7-10-5-3-4-6-13(10)16-2/h3-6,8-9,11,14H,7H2,1-2H3. The lowest BCUT2D eigenvalue weighted by Gasteiger charge is -2.15. The summed E-state index contributed by atoms with van der Waals surface area (Å²) < 4.78 is 5.36. The van der Waals surface area contributed by atoms with Gasteiger partial charge in [0.05, 0.1) is 24.4 Å².